The topological polar surface area (TPSA) is 54.0 Å². The molecule has 0 spiro atoms. The van der Waals surface area contributed by atoms with E-state index in [2.05, 4.69) is 0 Å². The van der Waals surface area contributed by atoms with Crippen molar-refractivity contribution in [3.05, 3.63) is 23.3 Å². The average molecular weight is 278 g/mol. The van der Waals surface area contributed by atoms with Crippen molar-refractivity contribution in [3.8, 4) is 17.2 Å². The molecule has 1 heterocycles. The van der Waals surface area contributed by atoms with Gasteiger partial charge in [-0.3, -0.25) is 0 Å². The van der Waals surface area contributed by atoms with Gasteiger partial charge < -0.3 is 18.9 Å². The second-order valence-corrected chi connectivity index (χ2v) is 4.55. The Hall–Kier alpha value is -2.17. The predicted molar refractivity (Wildman–Crippen MR) is 74.2 cm³/mol. The number of cyclic esters (lactones) is 1. The normalized spacial score (nSPS) is 19.9. The third kappa shape index (κ3) is 2.71. The molecule has 1 atom stereocenters. The van der Waals surface area contributed by atoms with Gasteiger partial charge >= 0.3 is 5.97 Å². The van der Waals surface area contributed by atoms with E-state index >= 15 is 0 Å². The Morgan fingerprint density at radius 3 is 2.15 bits per heavy atom. The van der Waals surface area contributed by atoms with Crippen LogP contribution in [-0.2, 0) is 9.53 Å². The summed E-state index contributed by atoms with van der Waals surface area (Å²) in [6.45, 7) is 1.87. The fraction of sp³-hybridized carbons (Fsp3) is 0.400. The molecule has 0 aliphatic carbocycles. The minimum atomic E-state index is -0.272. The smallest absolute Gasteiger partial charge is 0.334 e. The SMILES string of the molecule is COc1cc(/C=C2/C[C@@H](C)OC2=O)cc(OC)c1OC. The summed E-state index contributed by atoms with van der Waals surface area (Å²) in [6.07, 6.45) is 2.32. The first kappa shape index (κ1) is 14.2. The molecule has 0 saturated carbocycles. The molecule has 1 aromatic rings. The van der Waals surface area contributed by atoms with E-state index < -0.39 is 0 Å². The lowest BCUT2D eigenvalue weighted by atomic mass is 10.1. The van der Waals surface area contributed by atoms with Gasteiger partial charge in [-0.2, -0.15) is 0 Å². The Balaban J connectivity index is 2.43. The van der Waals surface area contributed by atoms with Crippen LogP contribution in [0.15, 0.2) is 17.7 Å². The van der Waals surface area contributed by atoms with Crippen LogP contribution in [0.1, 0.15) is 18.9 Å². The first-order valence-corrected chi connectivity index (χ1v) is 6.30. The summed E-state index contributed by atoms with van der Waals surface area (Å²) in [5.41, 5.74) is 1.45. The van der Waals surface area contributed by atoms with E-state index in [4.69, 9.17) is 18.9 Å². The maximum Gasteiger partial charge on any atom is 0.334 e. The zero-order valence-corrected chi connectivity index (χ0v) is 12.1. The zero-order valence-electron chi connectivity index (χ0n) is 12.1. The highest BCUT2D eigenvalue weighted by molar-refractivity contribution is 5.95. The molecule has 0 N–H and O–H groups in total. The summed E-state index contributed by atoms with van der Waals surface area (Å²) in [4.78, 5) is 11.6. The molecule has 108 valence electrons. The van der Waals surface area contributed by atoms with Crippen LogP contribution in [-0.4, -0.2) is 33.4 Å². The van der Waals surface area contributed by atoms with E-state index in [9.17, 15) is 4.79 Å². The Morgan fingerprint density at radius 2 is 1.75 bits per heavy atom. The molecule has 1 aliphatic rings. The van der Waals surface area contributed by atoms with Gasteiger partial charge in [0.15, 0.2) is 11.5 Å². The number of benzene rings is 1. The maximum absolute atomic E-state index is 11.6. The molecule has 5 nitrogen and oxygen atoms in total. The molecule has 5 heteroatoms. The van der Waals surface area contributed by atoms with Gasteiger partial charge in [-0.15, -0.1) is 0 Å². The summed E-state index contributed by atoms with van der Waals surface area (Å²) in [6, 6.07) is 3.59. The van der Waals surface area contributed by atoms with Gasteiger partial charge in [-0.25, -0.2) is 4.79 Å². The third-order valence-electron chi connectivity index (χ3n) is 3.11. The van der Waals surface area contributed by atoms with E-state index in [1.807, 2.05) is 6.92 Å². The molecule has 1 aromatic carbocycles. The second-order valence-electron chi connectivity index (χ2n) is 4.55. The number of ether oxygens (including phenoxy) is 4. The number of methoxy groups -OCH3 is 3. The van der Waals surface area contributed by atoms with Crippen LogP contribution in [0.3, 0.4) is 0 Å². The number of esters is 1. The quantitative estimate of drug-likeness (QED) is 0.625. The van der Waals surface area contributed by atoms with Crippen molar-refractivity contribution in [2.45, 2.75) is 19.4 Å². The van der Waals surface area contributed by atoms with E-state index in [1.165, 1.54) is 0 Å². The van der Waals surface area contributed by atoms with Crippen molar-refractivity contribution < 1.29 is 23.7 Å². The third-order valence-corrected chi connectivity index (χ3v) is 3.11. The first-order chi connectivity index (χ1) is 9.58. The van der Waals surface area contributed by atoms with Gasteiger partial charge in [0.1, 0.15) is 6.10 Å². The summed E-state index contributed by atoms with van der Waals surface area (Å²) >= 11 is 0. The molecule has 0 amide bonds. The van der Waals surface area contributed by atoms with Crippen LogP contribution < -0.4 is 14.2 Å². The minimum Gasteiger partial charge on any atom is -0.493 e. The molecule has 2 rings (SSSR count). The van der Waals surface area contributed by atoms with Gasteiger partial charge in [0, 0.05) is 12.0 Å². The number of hydrogen-bond acceptors (Lipinski definition) is 5. The van der Waals surface area contributed by atoms with Crippen molar-refractivity contribution in [1.29, 1.82) is 0 Å². The molecular weight excluding hydrogens is 260 g/mol. The fourth-order valence-electron chi connectivity index (χ4n) is 2.20. The Morgan fingerprint density at radius 1 is 1.15 bits per heavy atom. The Kier molecular flexibility index (Phi) is 4.17. The molecule has 0 radical (unpaired) electrons. The van der Waals surface area contributed by atoms with E-state index in [1.54, 1.807) is 39.5 Å². The van der Waals surface area contributed by atoms with Crippen LogP contribution in [0.5, 0.6) is 17.2 Å². The molecule has 1 aliphatic heterocycles. The van der Waals surface area contributed by atoms with Crippen LogP contribution in [0.4, 0.5) is 0 Å². The summed E-state index contributed by atoms with van der Waals surface area (Å²) in [5.74, 6) is 1.36. The number of carbonyl (C=O) groups excluding carboxylic acids is 1. The number of hydrogen-bond donors (Lipinski definition) is 0. The van der Waals surface area contributed by atoms with E-state index in [-0.39, 0.29) is 12.1 Å². The highest BCUT2D eigenvalue weighted by Gasteiger charge is 2.25. The Labute approximate surface area is 118 Å². The molecule has 20 heavy (non-hydrogen) atoms. The molecular formula is C15H18O5. The van der Waals surface area contributed by atoms with Crippen LogP contribution in [0, 0.1) is 0 Å². The van der Waals surface area contributed by atoms with Gasteiger partial charge in [0.25, 0.3) is 0 Å². The van der Waals surface area contributed by atoms with Crippen LogP contribution >= 0.6 is 0 Å². The lowest BCUT2D eigenvalue weighted by Crippen LogP contribution is -1.99. The predicted octanol–water partition coefficient (Wildman–Crippen LogP) is 2.43. The van der Waals surface area contributed by atoms with Crippen LogP contribution in [0.2, 0.25) is 0 Å². The Bertz CT molecular complexity index is 522. The maximum atomic E-state index is 11.6. The lowest BCUT2D eigenvalue weighted by Gasteiger charge is -2.13. The molecule has 1 saturated heterocycles. The van der Waals surface area contributed by atoms with Gasteiger partial charge in [-0.05, 0) is 30.7 Å². The highest BCUT2D eigenvalue weighted by Crippen LogP contribution is 2.39. The van der Waals surface area contributed by atoms with Crippen molar-refractivity contribution in [2.75, 3.05) is 21.3 Å². The van der Waals surface area contributed by atoms with Gasteiger partial charge in [0.2, 0.25) is 5.75 Å². The lowest BCUT2D eigenvalue weighted by molar-refractivity contribution is -0.138. The largest absolute Gasteiger partial charge is 0.493 e. The van der Waals surface area contributed by atoms with E-state index in [0.29, 0.717) is 29.2 Å². The first-order valence-electron chi connectivity index (χ1n) is 6.30. The van der Waals surface area contributed by atoms with Crippen molar-refractivity contribution in [3.63, 3.8) is 0 Å². The van der Waals surface area contributed by atoms with Crippen molar-refractivity contribution in [2.24, 2.45) is 0 Å². The molecule has 0 aromatic heterocycles. The van der Waals surface area contributed by atoms with Crippen LogP contribution in [0.25, 0.3) is 6.08 Å². The second kappa shape index (κ2) is 5.86. The molecule has 0 bridgehead atoms. The zero-order chi connectivity index (χ0) is 14.7. The van der Waals surface area contributed by atoms with Crippen molar-refractivity contribution in [1.82, 2.24) is 0 Å². The molecule has 0 unspecified atom stereocenters. The van der Waals surface area contributed by atoms with Gasteiger partial charge in [-0.1, -0.05) is 0 Å². The van der Waals surface area contributed by atoms with Crippen molar-refractivity contribution >= 4 is 12.0 Å². The fourth-order valence-corrected chi connectivity index (χ4v) is 2.20. The highest BCUT2D eigenvalue weighted by atomic mass is 16.5. The van der Waals surface area contributed by atoms with Gasteiger partial charge in [0.05, 0.1) is 21.3 Å². The monoisotopic (exact) mass is 278 g/mol. The summed E-state index contributed by atoms with van der Waals surface area (Å²) in [5, 5.41) is 0. The molecule has 1 fully saturated rings. The number of carbonyl (C=O) groups is 1. The number of rotatable bonds is 4. The standard InChI is InChI=1S/C15H18O5/c1-9-5-11(15(16)20-9)6-10-7-12(17-2)14(19-4)13(8-10)18-3/h6-9H,5H2,1-4H3/b11-6-/t9-/m1/s1. The summed E-state index contributed by atoms with van der Waals surface area (Å²) in [7, 11) is 4.66. The summed E-state index contributed by atoms with van der Waals surface area (Å²) < 4.78 is 20.9. The van der Waals surface area contributed by atoms with E-state index in [0.717, 1.165) is 5.56 Å². The average Bonchev–Trinajstić information content (AvgIpc) is 2.75. The minimum absolute atomic E-state index is 0.0733.